The van der Waals surface area contributed by atoms with Crippen LogP contribution in [0.4, 0.5) is 10.2 Å². The Morgan fingerprint density at radius 3 is 2.59 bits per heavy atom. The van der Waals surface area contributed by atoms with Gasteiger partial charge >= 0.3 is 0 Å². The third kappa shape index (κ3) is 5.13. The van der Waals surface area contributed by atoms with Gasteiger partial charge in [-0.3, -0.25) is 0 Å². The Kier molecular flexibility index (Phi) is 5.35. The van der Waals surface area contributed by atoms with Crippen molar-refractivity contribution in [3.8, 4) is 0 Å². The van der Waals surface area contributed by atoms with Crippen molar-refractivity contribution in [2.75, 3.05) is 11.9 Å². The fourth-order valence-electron chi connectivity index (χ4n) is 1.39. The van der Waals surface area contributed by atoms with E-state index in [0.29, 0.717) is 18.5 Å². The van der Waals surface area contributed by atoms with Crippen LogP contribution in [0.3, 0.4) is 0 Å². The minimum absolute atomic E-state index is 0.291. The van der Waals surface area contributed by atoms with Crippen LogP contribution in [0.1, 0.15) is 33.3 Å². The van der Waals surface area contributed by atoms with Crippen LogP contribution >= 0.6 is 0 Å². The summed E-state index contributed by atoms with van der Waals surface area (Å²) in [6.45, 7) is 9.85. The predicted octanol–water partition coefficient (Wildman–Crippen LogP) is 2.79. The van der Waals surface area contributed by atoms with E-state index in [2.05, 4.69) is 43.3 Å². The van der Waals surface area contributed by atoms with Gasteiger partial charge in [0.1, 0.15) is 11.6 Å². The zero-order valence-corrected chi connectivity index (χ0v) is 11.0. The van der Waals surface area contributed by atoms with E-state index >= 15 is 0 Å². The number of nitrogens with one attached hydrogen (secondary N) is 2. The lowest BCUT2D eigenvalue weighted by Gasteiger charge is -2.14. The van der Waals surface area contributed by atoms with Crippen LogP contribution in [0.25, 0.3) is 0 Å². The summed E-state index contributed by atoms with van der Waals surface area (Å²) in [6.07, 6.45) is 1.25. The quantitative estimate of drug-likeness (QED) is 0.801. The topological polar surface area (TPSA) is 37.0 Å². The van der Waals surface area contributed by atoms with Crippen molar-refractivity contribution in [2.24, 2.45) is 5.92 Å². The Morgan fingerprint density at radius 2 is 2.00 bits per heavy atom. The van der Waals surface area contributed by atoms with Gasteiger partial charge in [0.25, 0.3) is 0 Å². The molecule has 0 atom stereocenters. The third-order valence-electron chi connectivity index (χ3n) is 2.31. The number of pyridine rings is 1. The van der Waals surface area contributed by atoms with E-state index in [4.69, 9.17) is 0 Å². The fraction of sp³-hybridized carbons (Fsp3) is 0.615. The molecule has 2 N–H and O–H groups in total. The summed E-state index contributed by atoms with van der Waals surface area (Å²) in [5.74, 6) is 1.02. The number of hydrogen-bond acceptors (Lipinski definition) is 3. The largest absolute Gasteiger partial charge is 0.370 e. The lowest BCUT2D eigenvalue weighted by atomic mass is 10.2. The minimum Gasteiger partial charge on any atom is -0.370 e. The van der Waals surface area contributed by atoms with E-state index in [9.17, 15) is 4.39 Å². The number of halogens is 1. The summed E-state index contributed by atoms with van der Waals surface area (Å²) in [5, 5.41) is 6.52. The molecule has 0 spiro atoms. The molecule has 17 heavy (non-hydrogen) atoms. The van der Waals surface area contributed by atoms with E-state index in [1.165, 1.54) is 12.3 Å². The van der Waals surface area contributed by atoms with Crippen molar-refractivity contribution < 1.29 is 4.39 Å². The highest BCUT2D eigenvalue weighted by molar-refractivity contribution is 5.43. The molecule has 1 aromatic rings. The van der Waals surface area contributed by atoms with Gasteiger partial charge in [0.15, 0.2) is 0 Å². The number of rotatable bonds is 6. The van der Waals surface area contributed by atoms with Crippen LogP contribution in [0.5, 0.6) is 0 Å². The Morgan fingerprint density at radius 1 is 1.29 bits per heavy atom. The van der Waals surface area contributed by atoms with Crippen LogP contribution < -0.4 is 10.6 Å². The summed E-state index contributed by atoms with van der Waals surface area (Å²) < 4.78 is 13.2. The highest BCUT2D eigenvalue weighted by atomic mass is 19.1. The van der Waals surface area contributed by atoms with Crippen molar-refractivity contribution in [3.63, 3.8) is 0 Å². The van der Waals surface area contributed by atoms with Gasteiger partial charge in [-0.1, -0.05) is 27.7 Å². The first-order valence-electron chi connectivity index (χ1n) is 6.10. The summed E-state index contributed by atoms with van der Waals surface area (Å²) in [5.41, 5.74) is 0.874. The van der Waals surface area contributed by atoms with Crippen molar-refractivity contribution in [3.05, 3.63) is 23.6 Å². The monoisotopic (exact) mass is 239 g/mol. The SMILES string of the molecule is CC(C)CNc1ncc(F)cc1CNC(C)C. The third-order valence-corrected chi connectivity index (χ3v) is 2.31. The van der Waals surface area contributed by atoms with Gasteiger partial charge in [-0.05, 0) is 12.0 Å². The molecule has 3 nitrogen and oxygen atoms in total. The van der Waals surface area contributed by atoms with E-state index in [1.807, 2.05) is 0 Å². The van der Waals surface area contributed by atoms with Gasteiger partial charge in [0, 0.05) is 24.7 Å². The van der Waals surface area contributed by atoms with Crippen LogP contribution in [-0.2, 0) is 6.54 Å². The average Bonchev–Trinajstić information content (AvgIpc) is 2.24. The van der Waals surface area contributed by atoms with Gasteiger partial charge in [0.05, 0.1) is 6.20 Å². The van der Waals surface area contributed by atoms with E-state index < -0.39 is 0 Å². The smallest absolute Gasteiger partial charge is 0.141 e. The molecular formula is C13H22FN3. The van der Waals surface area contributed by atoms with E-state index in [0.717, 1.165) is 17.9 Å². The van der Waals surface area contributed by atoms with Gasteiger partial charge in [-0.25, -0.2) is 9.37 Å². The first-order chi connectivity index (χ1) is 7.99. The zero-order chi connectivity index (χ0) is 12.8. The number of anilines is 1. The molecule has 96 valence electrons. The molecule has 1 rings (SSSR count). The highest BCUT2D eigenvalue weighted by Crippen LogP contribution is 2.14. The molecule has 0 bridgehead atoms. The second kappa shape index (κ2) is 6.55. The maximum Gasteiger partial charge on any atom is 0.141 e. The number of nitrogens with zero attached hydrogens (tertiary/aromatic N) is 1. The maximum atomic E-state index is 13.2. The van der Waals surface area contributed by atoms with Crippen molar-refractivity contribution in [1.29, 1.82) is 0 Å². The van der Waals surface area contributed by atoms with Crippen LogP contribution in [0, 0.1) is 11.7 Å². The molecule has 0 unspecified atom stereocenters. The molecule has 0 fully saturated rings. The fourth-order valence-corrected chi connectivity index (χ4v) is 1.39. The molecule has 1 heterocycles. The Labute approximate surface area is 103 Å². The molecule has 0 aromatic carbocycles. The Hall–Kier alpha value is -1.16. The lowest BCUT2D eigenvalue weighted by molar-refractivity contribution is 0.578. The second-order valence-corrected chi connectivity index (χ2v) is 4.97. The minimum atomic E-state index is -0.291. The van der Waals surface area contributed by atoms with Crippen molar-refractivity contribution in [2.45, 2.75) is 40.3 Å². The molecule has 0 radical (unpaired) electrons. The first kappa shape index (κ1) is 13.9. The standard InChI is InChI=1S/C13H22FN3/c1-9(2)6-16-13-11(7-15-10(3)4)5-12(14)8-17-13/h5,8-10,15H,6-7H2,1-4H3,(H,16,17). The van der Waals surface area contributed by atoms with E-state index in [1.54, 1.807) is 0 Å². The average molecular weight is 239 g/mol. The van der Waals surface area contributed by atoms with Crippen LogP contribution in [0.15, 0.2) is 12.3 Å². The Balaban J connectivity index is 2.72. The summed E-state index contributed by atoms with van der Waals surface area (Å²) in [6, 6.07) is 1.90. The molecular weight excluding hydrogens is 217 g/mol. The van der Waals surface area contributed by atoms with Crippen LogP contribution in [-0.4, -0.2) is 17.6 Å². The van der Waals surface area contributed by atoms with Gasteiger partial charge < -0.3 is 10.6 Å². The van der Waals surface area contributed by atoms with Crippen LogP contribution in [0.2, 0.25) is 0 Å². The molecule has 0 aliphatic carbocycles. The zero-order valence-electron chi connectivity index (χ0n) is 11.0. The molecule has 0 saturated heterocycles. The second-order valence-electron chi connectivity index (χ2n) is 4.97. The Bertz CT molecular complexity index is 351. The predicted molar refractivity (Wildman–Crippen MR) is 69.5 cm³/mol. The summed E-state index contributed by atoms with van der Waals surface area (Å²) >= 11 is 0. The lowest BCUT2D eigenvalue weighted by Crippen LogP contribution is -2.23. The molecule has 0 amide bonds. The van der Waals surface area contributed by atoms with Gasteiger partial charge in [-0.2, -0.15) is 0 Å². The summed E-state index contributed by atoms with van der Waals surface area (Å²) in [4.78, 5) is 4.10. The number of hydrogen-bond donors (Lipinski definition) is 2. The number of aromatic nitrogens is 1. The van der Waals surface area contributed by atoms with Crippen molar-refractivity contribution in [1.82, 2.24) is 10.3 Å². The normalized spacial score (nSPS) is 11.2. The molecule has 0 saturated carbocycles. The molecule has 1 aromatic heterocycles. The van der Waals surface area contributed by atoms with E-state index in [-0.39, 0.29) is 5.82 Å². The molecule has 0 aliphatic rings. The van der Waals surface area contributed by atoms with Crippen molar-refractivity contribution >= 4 is 5.82 Å². The highest BCUT2D eigenvalue weighted by Gasteiger charge is 2.06. The maximum absolute atomic E-state index is 13.2. The summed E-state index contributed by atoms with van der Waals surface area (Å²) in [7, 11) is 0. The van der Waals surface area contributed by atoms with Gasteiger partial charge in [0.2, 0.25) is 0 Å². The first-order valence-corrected chi connectivity index (χ1v) is 6.10. The van der Waals surface area contributed by atoms with Gasteiger partial charge in [-0.15, -0.1) is 0 Å². The molecule has 0 aliphatic heterocycles. The molecule has 4 heteroatoms.